The lowest BCUT2D eigenvalue weighted by Crippen LogP contribution is -1.92. The van der Waals surface area contributed by atoms with Crippen molar-refractivity contribution in [2.75, 3.05) is 0 Å². The van der Waals surface area contributed by atoms with Crippen molar-refractivity contribution in [1.82, 2.24) is 9.97 Å². The number of hydrogen-bond donors (Lipinski definition) is 1. The van der Waals surface area contributed by atoms with Crippen LogP contribution in [-0.2, 0) is 0 Å². The van der Waals surface area contributed by atoms with Gasteiger partial charge in [0.05, 0.1) is 11.2 Å². The molecule has 0 aliphatic rings. The van der Waals surface area contributed by atoms with E-state index in [0.29, 0.717) is 11.2 Å². The fourth-order valence-electron chi connectivity index (χ4n) is 1.87. The summed E-state index contributed by atoms with van der Waals surface area (Å²) in [6.07, 6.45) is 3.32. The molecule has 0 unspecified atom stereocenters. The van der Waals surface area contributed by atoms with E-state index in [-0.39, 0.29) is 5.56 Å². The molecule has 1 aromatic carbocycles. The lowest BCUT2D eigenvalue weighted by Gasteiger charge is -2.04. The van der Waals surface area contributed by atoms with Gasteiger partial charge in [-0.2, -0.15) is 0 Å². The third-order valence-electron chi connectivity index (χ3n) is 2.68. The van der Waals surface area contributed by atoms with Gasteiger partial charge in [-0.25, -0.2) is 8.78 Å². The molecule has 0 bridgehead atoms. The Morgan fingerprint density at radius 3 is 2.82 bits per heavy atom. The van der Waals surface area contributed by atoms with Gasteiger partial charge in [0.15, 0.2) is 11.6 Å². The lowest BCUT2D eigenvalue weighted by atomic mass is 10.1. The second kappa shape index (κ2) is 3.66. The highest BCUT2D eigenvalue weighted by atomic mass is 19.2. The summed E-state index contributed by atoms with van der Waals surface area (Å²) < 4.78 is 26.9. The van der Waals surface area contributed by atoms with Crippen molar-refractivity contribution >= 4 is 10.9 Å². The molecule has 3 rings (SSSR count). The number of aromatic nitrogens is 2. The van der Waals surface area contributed by atoms with Crippen molar-refractivity contribution in [3.63, 3.8) is 0 Å². The van der Waals surface area contributed by atoms with Gasteiger partial charge in [0.2, 0.25) is 0 Å². The van der Waals surface area contributed by atoms with Crippen LogP contribution >= 0.6 is 0 Å². The van der Waals surface area contributed by atoms with Crippen LogP contribution in [0.5, 0.6) is 0 Å². The van der Waals surface area contributed by atoms with Crippen molar-refractivity contribution in [3.05, 3.63) is 54.4 Å². The topological polar surface area (TPSA) is 28.7 Å². The second-order valence-corrected chi connectivity index (χ2v) is 3.70. The molecule has 2 heterocycles. The van der Waals surface area contributed by atoms with Gasteiger partial charge < -0.3 is 4.98 Å². The first-order valence-corrected chi connectivity index (χ1v) is 5.14. The minimum Gasteiger partial charge on any atom is -0.359 e. The molecule has 0 radical (unpaired) electrons. The van der Waals surface area contributed by atoms with E-state index >= 15 is 0 Å². The largest absolute Gasteiger partial charge is 0.359 e. The minimum absolute atomic E-state index is 0.165. The van der Waals surface area contributed by atoms with E-state index in [9.17, 15) is 8.78 Å². The Balaban J connectivity index is 2.34. The number of benzene rings is 1. The molecule has 0 spiro atoms. The summed E-state index contributed by atoms with van der Waals surface area (Å²) in [5.74, 6) is -1.74. The van der Waals surface area contributed by atoms with Crippen LogP contribution in [0.2, 0.25) is 0 Å². The zero-order valence-electron chi connectivity index (χ0n) is 8.74. The minimum atomic E-state index is -0.873. The van der Waals surface area contributed by atoms with Crippen molar-refractivity contribution in [2.24, 2.45) is 0 Å². The van der Waals surface area contributed by atoms with E-state index in [1.165, 1.54) is 12.1 Å². The van der Waals surface area contributed by atoms with Crippen LogP contribution in [0.15, 0.2) is 42.7 Å². The van der Waals surface area contributed by atoms with Crippen LogP contribution in [0, 0.1) is 11.6 Å². The number of hydrogen-bond acceptors (Lipinski definition) is 1. The van der Waals surface area contributed by atoms with E-state index in [1.807, 2.05) is 12.1 Å². The monoisotopic (exact) mass is 230 g/mol. The maximum absolute atomic E-state index is 13.7. The van der Waals surface area contributed by atoms with Gasteiger partial charge >= 0.3 is 0 Å². The number of aromatic amines is 1. The summed E-state index contributed by atoms with van der Waals surface area (Å²) >= 11 is 0. The third kappa shape index (κ3) is 1.49. The maximum atomic E-state index is 13.7. The number of nitrogens with zero attached hydrogens (tertiary/aromatic N) is 1. The average Bonchev–Trinajstić information content (AvgIpc) is 2.81. The summed E-state index contributed by atoms with van der Waals surface area (Å²) in [6, 6.07) is 7.75. The predicted octanol–water partition coefficient (Wildman–Crippen LogP) is 3.51. The zero-order chi connectivity index (χ0) is 11.8. The molecule has 4 heteroatoms. The van der Waals surface area contributed by atoms with Gasteiger partial charge in [-0.1, -0.05) is 6.07 Å². The number of pyridine rings is 1. The Hall–Kier alpha value is -2.23. The Labute approximate surface area is 95.9 Å². The van der Waals surface area contributed by atoms with Gasteiger partial charge in [-0.15, -0.1) is 0 Å². The quantitative estimate of drug-likeness (QED) is 0.680. The number of nitrogens with one attached hydrogen (secondary N) is 1. The first-order chi connectivity index (χ1) is 8.27. The third-order valence-corrected chi connectivity index (χ3v) is 2.68. The SMILES string of the molecule is Fc1cccc(-c2nccc3cc[nH]c23)c1F. The number of fused-ring (bicyclic) bond motifs is 1. The Kier molecular flexibility index (Phi) is 2.14. The Bertz CT molecular complexity index is 689. The normalized spacial score (nSPS) is 10.9. The summed E-state index contributed by atoms with van der Waals surface area (Å²) in [4.78, 5) is 7.10. The molecule has 17 heavy (non-hydrogen) atoms. The molecular formula is C13H8F2N2. The summed E-state index contributed by atoms with van der Waals surface area (Å²) in [6.45, 7) is 0. The van der Waals surface area contributed by atoms with E-state index in [0.717, 1.165) is 11.5 Å². The number of H-pyrrole nitrogens is 1. The van der Waals surface area contributed by atoms with Crippen LogP contribution in [0.3, 0.4) is 0 Å². The first kappa shape index (κ1) is 9.96. The number of halogens is 2. The molecule has 1 N–H and O–H groups in total. The van der Waals surface area contributed by atoms with Crippen molar-refractivity contribution < 1.29 is 8.78 Å². The molecule has 0 fully saturated rings. The highest BCUT2D eigenvalue weighted by Crippen LogP contribution is 2.28. The van der Waals surface area contributed by atoms with Gasteiger partial charge in [-0.3, -0.25) is 4.98 Å². The predicted molar refractivity (Wildman–Crippen MR) is 61.4 cm³/mol. The molecule has 2 aromatic heterocycles. The van der Waals surface area contributed by atoms with E-state index < -0.39 is 11.6 Å². The molecule has 0 aliphatic heterocycles. The van der Waals surface area contributed by atoms with Gasteiger partial charge in [-0.05, 0) is 24.3 Å². The molecule has 3 aromatic rings. The van der Waals surface area contributed by atoms with Crippen molar-refractivity contribution in [1.29, 1.82) is 0 Å². The lowest BCUT2D eigenvalue weighted by molar-refractivity contribution is 0.511. The van der Waals surface area contributed by atoms with E-state index in [2.05, 4.69) is 9.97 Å². The summed E-state index contributed by atoms with van der Waals surface area (Å²) in [5, 5.41) is 0.915. The Morgan fingerprint density at radius 1 is 1.06 bits per heavy atom. The molecule has 0 amide bonds. The molecule has 84 valence electrons. The van der Waals surface area contributed by atoms with Gasteiger partial charge in [0, 0.05) is 23.3 Å². The molecule has 0 aliphatic carbocycles. The second-order valence-electron chi connectivity index (χ2n) is 3.70. The number of rotatable bonds is 1. The van der Waals surface area contributed by atoms with Crippen molar-refractivity contribution in [3.8, 4) is 11.3 Å². The zero-order valence-corrected chi connectivity index (χ0v) is 8.74. The van der Waals surface area contributed by atoms with Crippen LogP contribution in [-0.4, -0.2) is 9.97 Å². The van der Waals surface area contributed by atoms with Gasteiger partial charge in [0.1, 0.15) is 0 Å². The highest BCUT2D eigenvalue weighted by Gasteiger charge is 2.13. The first-order valence-electron chi connectivity index (χ1n) is 5.14. The molecule has 0 saturated carbocycles. The standard InChI is InChI=1S/C13H8F2N2/c14-10-3-1-2-9(11(10)15)13-12-8(4-6-16-12)5-7-17-13/h1-7,16H. The summed E-state index contributed by atoms with van der Waals surface area (Å²) in [7, 11) is 0. The van der Waals surface area contributed by atoms with E-state index in [1.54, 1.807) is 12.4 Å². The average molecular weight is 230 g/mol. The van der Waals surface area contributed by atoms with E-state index in [4.69, 9.17) is 0 Å². The molecule has 2 nitrogen and oxygen atoms in total. The molecule has 0 atom stereocenters. The maximum Gasteiger partial charge on any atom is 0.168 e. The molecule has 0 saturated heterocycles. The van der Waals surface area contributed by atoms with Crippen molar-refractivity contribution in [2.45, 2.75) is 0 Å². The van der Waals surface area contributed by atoms with Crippen LogP contribution in [0.4, 0.5) is 8.78 Å². The van der Waals surface area contributed by atoms with Gasteiger partial charge in [0.25, 0.3) is 0 Å². The molecular weight excluding hydrogens is 222 g/mol. The Morgan fingerprint density at radius 2 is 1.94 bits per heavy atom. The van der Waals surface area contributed by atoms with Crippen LogP contribution in [0.25, 0.3) is 22.2 Å². The smallest absolute Gasteiger partial charge is 0.168 e. The summed E-state index contributed by atoms with van der Waals surface area (Å²) in [5.41, 5.74) is 1.29. The van der Waals surface area contributed by atoms with Crippen LogP contribution in [0.1, 0.15) is 0 Å². The fraction of sp³-hybridized carbons (Fsp3) is 0. The highest BCUT2D eigenvalue weighted by molar-refractivity contribution is 5.91. The fourth-order valence-corrected chi connectivity index (χ4v) is 1.87. The van der Waals surface area contributed by atoms with Crippen LogP contribution < -0.4 is 0 Å².